The maximum absolute atomic E-state index is 6.25. The van der Waals surface area contributed by atoms with Crippen LogP contribution in [0.25, 0.3) is 0 Å². The molecule has 1 aromatic rings. The molecule has 0 amide bonds. The zero-order chi connectivity index (χ0) is 15.8. The molecule has 0 bridgehead atoms. The smallest absolute Gasteiger partial charge is 0.0538 e. The van der Waals surface area contributed by atoms with Crippen molar-refractivity contribution < 1.29 is 0 Å². The van der Waals surface area contributed by atoms with Crippen LogP contribution in [0.15, 0.2) is 12.4 Å². The first-order valence-corrected chi connectivity index (χ1v) is 8.23. The number of hydrogen-bond donors (Lipinski definition) is 1. The van der Waals surface area contributed by atoms with Gasteiger partial charge < -0.3 is 10.6 Å². The Morgan fingerprint density at radius 3 is 2.29 bits per heavy atom. The fraction of sp³-hybridized carbons (Fsp3) is 0.812. The van der Waals surface area contributed by atoms with Gasteiger partial charge >= 0.3 is 0 Å². The van der Waals surface area contributed by atoms with E-state index in [-0.39, 0.29) is 12.1 Å². The third-order valence-corrected chi connectivity index (χ3v) is 4.18. The van der Waals surface area contributed by atoms with Crippen molar-refractivity contribution in [2.45, 2.75) is 46.2 Å². The highest BCUT2D eigenvalue weighted by molar-refractivity contribution is 5.13. The fourth-order valence-corrected chi connectivity index (χ4v) is 2.97. The molecule has 0 aliphatic heterocycles. The van der Waals surface area contributed by atoms with E-state index in [9.17, 15) is 0 Å². The summed E-state index contributed by atoms with van der Waals surface area (Å²) in [4.78, 5) is 4.95. The summed E-state index contributed by atoms with van der Waals surface area (Å²) < 4.78 is 1.86. The number of nitrogens with two attached hydrogens (primary N) is 1. The standard InChI is InChI=1S/C16H33N5/c1-6-20(7-2)10-9-11-21(8-3)16(14(4)17)15-12-18-19(5)13-15/h12-14,16H,6-11,17H2,1-5H3. The average Bonchev–Trinajstić information content (AvgIpc) is 2.87. The Morgan fingerprint density at radius 2 is 1.86 bits per heavy atom. The first-order valence-electron chi connectivity index (χ1n) is 8.23. The normalized spacial score (nSPS) is 14.9. The van der Waals surface area contributed by atoms with Gasteiger partial charge in [0, 0.05) is 31.4 Å². The maximum atomic E-state index is 6.25. The van der Waals surface area contributed by atoms with E-state index in [1.165, 1.54) is 12.0 Å². The van der Waals surface area contributed by atoms with Crippen LogP contribution < -0.4 is 5.73 Å². The summed E-state index contributed by atoms with van der Waals surface area (Å²) in [6.45, 7) is 14.2. The number of aryl methyl sites for hydroxylation is 1. The minimum Gasteiger partial charge on any atom is -0.326 e. The molecule has 122 valence electrons. The van der Waals surface area contributed by atoms with Crippen LogP contribution in [0, 0.1) is 0 Å². The van der Waals surface area contributed by atoms with E-state index in [0.717, 1.165) is 32.7 Å². The van der Waals surface area contributed by atoms with E-state index in [1.807, 2.05) is 17.9 Å². The number of rotatable bonds is 10. The molecular formula is C16H33N5. The molecule has 0 aliphatic carbocycles. The van der Waals surface area contributed by atoms with E-state index in [0.29, 0.717) is 0 Å². The zero-order valence-electron chi connectivity index (χ0n) is 14.4. The van der Waals surface area contributed by atoms with Crippen molar-refractivity contribution in [2.75, 3.05) is 32.7 Å². The van der Waals surface area contributed by atoms with E-state index in [1.54, 1.807) is 0 Å². The second-order valence-electron chi connectivity index (χ2n) is 5.76. The van der Waals surface area contributed by atoms with Gasteiger partial charge in [-0.1, -0.05) is 20.8 Å². The van der Waals surface area contributed by atoms with Gasteiger partial charge in [-0.15, -0.1) is 0 Å². The minimum atomic E-state index is 0.0996. The van der Waals surface area contributed by atoms with Gasteiger partial charge in [0.25, 0.3) is 0 Å². The van der Waals surface area contributed by atoms with Gasteiger partial charge in [0.1, 0.15) is 0 Å². The van der Waals surface area contributed by atoms with E-state index >= 15 is 0 Å². The molecule has 1 heterocycles. The Kier molecular flexibility index (Phi) is 7.93. The van der Waals surface area contributed by atoms with Crippen molar-refractivity contribution in [3.8, 4) is 0 Å². The predicted molar refractivity (Wildman–Crippen MR) is 89.3 cm³/mol. The summed E-state index contributed by atoms with van der Waals surface area (Å²) in [5.41, 5.74) is 7.47. The largest absolute Gasteiger partial charge is 0.326 e. The van der Waals surface area contributed by atoms with Crippen molar-refractivity contribution in [3.05, 3.63) is 18.0 Å². The number of hydrogen-bond acceptors (Lipinski definition) is 4. The molecule has 0 fully saturated rings. The summed E-state index contributed by atoms with van der Waals surface area (Å²) in [5, 5.41) is 4.30. The molecule has 0 aliphatic rings. The molecule has 2 unspecified atom stereocenters. The molecule has 2 N–H and O–H groups in total. The van der Waals surface area contributed by atoms with Gasteiger partial charge in [0.05, 0.1) is 12.2 Å². The lowest BCUT2D eigenvalue weighted by Crippen LogP contribution is -2.40. The van der Waals surface area contributed by atoms with Crippen LogP contribution in [0.1, 0.15) is 45.7 Å². The fourth-order valence-electron chi connectivity index (χ4n) is 2.97. The molecule has 5 nitrogen and oxygen atoms in total. The predicted octanol–water partition coefficient (Wildman–Crippen LogP) is 1.86. The lowest BCUT2D eigenvalue weighted by molar-refractivity contribution is 0.172. The highest BCUT2D eigenvalue weighted by Gasteiger charge is 2.24. The molecule has 0 saturated heterocycles. The Balaban J connectivity index is 2.66. The Bertz CT molecular complexity index is 384. The van der Waals surface area contributed by atoms with Crippen LogP contribution in [-0.2, 0) is 7.05 Å². The van der Waals surface area contributed by atoms with Gasteiger partial charge in [-0.05, 0) is 39.5 Å². The summed E-state index contributed by atoms with van der Waals surface area (Å²) in [6.07, 6.45) is 5.21. The third kappa shape index (κ3) is 5.41. The summed E-state index contributed by atoms with van der Waals surface area (Å²) in [5.74, 6) is 0. The second-order valence-corrected chi connectivity index (χ2v) is 5.76. The van der Waals surface area contributed by atoms with E-state index in [2.05, 4.69) is 48.8 Å². The minimum absolute atomic E-state index is 0.0996. The molecule has 0 saturated carbocycles. The van der Waals surface area contributed by atoms with Crippen LogP contribution in [-0.4, -0.2) is 58.3 Å². The molecule has 0 aromatic carbocycles. The maximum Gasteiger partial charge on any atom is 0.0538 e. The Labute approximate surface area is 130 Å². The Hall–Kier alpha value is -0.910. The van der Waals surface area contributed by atoms with E-state index < -0.39 is 0 Å². The van der Waals surface area contributed by atoms with Crippen molar-refractivity contribution in [3.63, 3.8) is 0 Å². The highest BCUT2D eigenvalue weighted by Crippen LogP contribution is 2.23. The quantitative estimate of drug-likeness (QED) is 0.716. The lowest BCUT2D eigenvalue weighted by Gasteiger charge is -2.33. The van der Waals surface area contributed by atoms with Gasteiger partial charge in [0.15, 0.2) is 0 Å². The molecule has 5 heteroatoms. The van der Waals surface area contributed by atoms with Crippen molar-refractivity contribution in [2.24, 2.45) is 12.8 Å². The third-order valence-electron chi connectivity index (χ3n) is 4.18. The molecular weight excluding hydrogens is 262 g/mol. The molecule has 2 atom stereocenters. The number of aromatic nitrogens is 2. The average molecular weight is 295 g/mol. The lowest BCUT2D eigenvalue weighted by atomic mass is 10.0. The zero-order valence-corrected chi connectivity index (χ0v) is 14.4. The van der Waals surface area contributed by atoms with Gasteiger partial charge in [-0.25, -0.2) is 0 Å². The molecule has 0 radical (unpaired) electrons. The van der Waals surface area contributed by atoms with Gasteiger partial charge in [-0.3, -0.25) is 9.58 Å². The summed E-state index contributed by atoms with van der Waals surface area (Å²) in [6, 6.07) is 0.350. The van der Waals surface area contributed by atoms with Crippen LogP contribution >= 0.6 is 0 Å². The van der Waals surface area contributed by atoms with Crippen LogP contribution in [0.4, 0.5) is 0 Å². The van der Waals surface area contributed by atoms with Crippen LogP contribution in [0.2, 0.25) is 0 Å². The number of likely N-dealkylation sites (N-methyl/N-ethyl adjacent to an activating group) is 1. The summed E-state index contributed by atoms with van der Waals surface area (Å²) in [7, 11) is 1.96. The molecule has 0 spiro atoms. The van der Waals surface area contributed by atoms with Crippen molar-refractivity contribution >= 4 is 0 Å². The first kappa shape index (κ1) is 18.1. The highest BCUT2D eigenvalue weighted by atomic mass is 15.3. The molecule has 1 aromatic heterocycles. The van der Waals surface area contributed by atoms with Crippen molar-refractivity contribution in [1.29, 1.82) is 0 Å². The van der Waals surface area contributed by atoms with Crippen LogP contribution in [0.3, 0.4) is 0 Å². The van der Waals surface area contributed by atoms with Crippen LogP contribution in [0.5, 0.6) is 0 Å². The second kappa shape index (κ2) is 9.18. The molecule has 21 heavy (non-hydrogen) atoms. The van der Waals surface area contributed by atoms with E-state index in [4.69, 9.17) is 5.73 Å². The topological polar surface area (TPSA) is 50.3 Å². The van der Waals surface area contributed by atoms with Crippen molar-refractivity contribution in [1.82, 2.24) is 19.6 Å². The van der Waals surface area contributed by atoms with Gasteiger partial charge in [0.2, 0.25) is 0 Å². The summed E-state index contributed by atoms with van der Waals surface area (Å²) >= 11 is 0. The SMILES string of the molecule is CCN(CC)CCCN(CC)C(c1cnn(C)c1)C(C)N. The van der Waals surface area contributed by atoms with Gasteiger partial charge in [-0.2, -0.15) is 5.10 Å². The molecule has 1 rings (SSSR count). The first-order chi connectivity index (χ1) is 10.0. The Morgan fingerprint density at radius 1 is 1.19 bits per heavy atom. The monoisotopic (exact) mass is 295 g/mol. The number of nitrogens with zero attached hydrogens (tertiary/aromatic N) is 4.